The van der Waals surface area contributed by atoms with Gasteiger partial charge in [0.25, 0.3) is 0 Å². The van der Waals surface area contributed by atoms with Crippen molar-refractivity contribution in [3.63, 3.8) is 0 Å². The highest BCUT2D eigenvalue weighted by molar-refractivity contribution is 9.10. The average Bonchev–Trinajstić information content (AvgIpc) is 2.21. The molecule has 96 valence electrons. The van der Waals surface area contributed by atoms with Gasteiger partial charge in [-0.3, -0.25) is 0 Å². The van der Waals surface area contributed by atoms with Gasteiger partial charge in [0.2, 0.25) is 0 Å². The van der Waals surface area contributed by atoms with Crippen molar-refractivity contribution in [1.29, 1.82) is 0 Å². The van der Waals surface area contributed by atoms with Crippen LogP contribution in [0.5, 0.6) is 0 Å². The summed E-state index contributed by atoms with van der Waals surface area (Å²) < 4.78 is 1.06. The van der Waals surface area contributed by atoms with Crippen molar-refractivity contribution in [2.45, 2.75) is 32.9 Å². The maximum atomic E-state index is 6.11. The Balaban J connectivity index is 2.29. The van der Waals surface area contributed by atoms with E-state index in [1.807, 2.05) is 18.2 Å². The molecular weight excluding hydrogens is 300 g/mol. The zero-order chi connectivity index (χ0) is 12.9. The van der Waals surface area contributed by atoms with Crippen molar-refractivity contribution in [2.75, 3.05) is 13.1 Å². The molecule has 0 amide bonds. The summed E-state index contributed by atoms with van der Waals surface area (Å²) in [6.45, 7) is 9.17. The highest BCUT2D eigenvalue weighted by atomic mass is 79.9. The lowest BCUT2D eigenvalue weighted by Crippen LogP contribution is -2.40. The molecule has 1 rings (SSSR count). The Hall–Kier alpha value is -0.0900. The maximum Gasteiger partial charge on any atom is 0.0451 e. The molecule has 2 nitrogen and oxygen atoms in total. The third kappa shape index (κ3) is 6.41. The lowest BCUT2D eigenvalue weighted by Gasteiger charge is -2.20. The second-order valence-electron chi connectivity index (χ2n) is 5.09. The van der Waals surface area contributed by atoms with Crippen LogP contribution in [0.1, 0.15) is 26.3 Å². The van der Waals surface area contributed by atoms with E-state index >= 15 is 0 Å². The van der Waals surface area contributed by atoms with Gasteiger partial charge in [-0.05, 0) is 44.5 Å². The zero-order valence-electron chi connectivity index (χ0n) is 10.6. The van der Waals surface area contributed by atoms with Crippen LogP contribution in [0.25, 0.3) is 0 Å². The van der Waals surface area contributed by atoms with Crippen molar-refractivity contribution in [3.8, 4) is 0 Å². The number of halogens is 2. The fourth-order valence-electron chi connectivity index (χ4n) is 1.43. The minimum Gasteiger partial charge on any atom is -0.311 e. The molecule has 0 aromatic heterocycles. The van der Waals surface area contributed by atoms with Crippen LogP contribution in [0.2, 0.25) is 5.02 Å². The first-order valence-electron chi connectivity index (χ1n) is 5.78. The Morgan fingerprint density at radius 2 is 1.94 bits per heavy atom. The van der Waals surface area contributed by atoms with Gasteiger partial charge >= 0.3 is 0 Å². The predicted molar refractivity (Wildman–Crippen MR) is 78.6 cm³/mol. The number of rotatable bonds is 5. The first kappa shape index (κ1) is 15.0. The molecule has 0 radical (unpaired) electrons. The summed E-state index contributed by atoms with van der Waals surface area (Å²) in [6.07, 6.45) is 0. The van der Waals surface area contributed by atoms with Gasteiger partial charge in [-0.1, -0.05) is 27.5 Å². The molecule has 0 saturated heterocycles. The quantitative estimate of drug-likeness (QED) is 0.811. The normalized spacial score (nSPS) is 11.8. The van der Waals surface area contributed by atoms with Gasteiger partial charge in [0.1, 0.15) is 0 Å². The SMILES string of the molecule is CC(C)(C)NCCNCc1cc(Br)ccc1Cl. The van der Waals surface area contributed by atoms with Crippen molar-refractivity contribution in [3.05, 3.63) is 33.3 Å². The fourth-order valence-corrected chi connectivity index (χ4v) is 2.02. The summed E-state index contributed by atoms with van der Waals surface area (Å²) in [5.74, 6) is 0. The molecule has 0 heterocycles. The van der Waals surface area contributed by atoms with Gasteiger partial charge in [0.15, 0.2) is 0 Å². The first-order chi connectivity index (χ1) is 7.88. The molecule has 0 aliphatic carbocycles. The van der Waals surface area contributed by atoms with Crippen molar-refractivity contribution < 1.29 is 0 Å². The fraction of sp³-hybridized carbons (Fsp3) is 0.538. The Labute approximate surface area is 117 Å². The van der Waals surface area contributed by atoms with Crippen LogP contribution < -0.4 is 10.6 Å². The minimum absolute atomic E-state index is 0.176. The molecule has 2 N–H and O–H groups in total. The molecule has 1 aromatic rings. The van der Waals surface area contributed by atoms with Gasteiger partial charge in [-0.2, -0.15) is 0 Å². The lowest BCUT2D eigenvalue weighted by atomic mass is 10.1. The second-order valence-corrected chi connectivity index (χ2v) is 6.41. The summed E-state index contributed by atoms with van der Waals surface area (Å²) >= 11 is 9.55. The molecule has 17 heavy (non-hydrogen) atoms. The summed E-state index contributed by atoms with van der Waals surface area (Å²) in [5, 5.41) is 7.61. The van der Waals surface area contributed by atoms with E-state index in [9.17, 15) is 0 Å². The molecule has 0 atom stereocenters. The zero-order valence-corrected chi connectivity index (χ0v) is 13.0. The van der Waals surface area contributed by atoms with Gasteiger partial charge < -0.3 is 10.6 Å². The monoisotopic (exact) mass is 318 g/mol. The van der Waals surface area contributed by atoms with E-state index in [1.54, 1.807) is 0 Å². The largest absolute Gasteiger partial charge is 0.311 e. The van der Waals surface area contributed by atoms with Crippen LogP contribution in [-0.2, 0) is 6.54 Å². The van der Waals surface area contributed by atoms with E-state index < -0.39 is 0 Å². The molecule has 4 heteroatoms. The third-order valence-electron chi connectivity index (χ3n) is 2.28. The summed E-state index contributed by atoms with van der Waals surface area (Å²) in [7, 11) is 0. The standard InChI is InChI=1S/C13H20BrClN2/c1-13(2,3)17-7-6-16-9-10-8-11(14)4-5-12(10)15/h4-5,8,16-17H,6-7,9H2,1-3H3. The van der Waals surface area contributed by atoms with Crippen molar-refractivity contribution in [2.24, 2.45) is 0 Å². The lowest BCUT2D eigenvalue weighted by molar-refractivity contribution is 0.421. The molecule has 0 spiro atoms. The smallest absolute Gasteiger partial charge is 0.0451 e. The molecule has 0 bridgehead atoms. The van der Waals surface area contributed by atoms with Crippen LogP contribution in [0.15, 0.2) is 22.7 Å². The Morgan fingerprint density at radius 3 is 2.59 bits per heavy atom. The Bertz CT molecular complexity index is 361. The number of hydrogen-bond donors (Lipinski definition) is 2. The van der Waals surface area contributed by atoms with Gasteiger partial charge in [0, 0.05) is 34.7 Å². The summed E-state index contributed by atoms with van der Waals surface area (Å²) in [5.41, 5.74) is 1.30. The van der Waals surface area contributed by atoms with E-state index in [0.29, 0.717) is 0 Å². The molecule has 0 saturated carbocycles. The minimum atomic E-state index is 0.176. The van der Waals surface area contributed by atoms with Crippen molar-refractivity contribution in [1.82, 2.24) is 10.6 Å². The van der Waals surface area contributed by atoms with Crippen LogP contribution in [0.4, 0.5) is 0 Å². The van der Waals surface area contributed by atoms with Crippen LogP contribution >= 0.6 is 27.5 Å². The topological polar surface area (TPSA) is 24.1 Å². The van der Waals surface area contributed by atoms with E-state index in [0.717, 1.165) is 34.7 Å². The van der Waals surface area contributed by atoms with Crippen LogP contribution in [-0.4, -0.2) is 18.6 Å². The van der Waals surface area contributed by atoms with Gasteiger partial charge in [-0.15, -0.1) is 0 Å². The maximum absolute atomic E-state index is 6.11. The van der Waals surface area contributed by atoms with E-state index in [1.165, 1.54) is 0 Å². The van der Waals surface area contributed by atoms with E-state index in [2.05, 4.69) is 47.3 Å². The summed E-state index contributed by atoms with van der Waals surface area (Å²) in [4.78, 5) is 0. The molecule has 1 aromatic carbocycles. The average molecular weight is 320 g/mol. The summed E-state index contributed by atoms with van der Waals surface area (Å²) in [6, 6.07) is 5.91. The van der Waals surface area contributed by atoms with Crippen LogP contribution in [0.3, 0.4) is 0 Å². The second kappa shape index (κ2) is 6.74. The van der Waals surface area contributed by atoms with Crippen molar-refractivity contribution >= 4 is 27.5 Å². The predicted octanol–water partition coefficient (Wildman–Crippen LogP) is 3.58. The third-order valence-corrected chi connectivity index (χ3v) is 3.14. The molecule has 0 unspecified atom stereocenters. The molecule has 0 fully saturated rings. The Morgan fingerprint density at radius 1 is 1.24 bits per heavy atom. The first-order valence-corrected chi connectivity index (χ1v) is 6.95. The van der Waals surface area contributed by atoms with Gasteiger partial charge in [0.05, 0.1) is 0 Å². The van der Waals surface area contributed by atoms with Crippen LogP contribution in [0, 0.1) is 0 Å². The number of hydrogen-bond acceptors (Lipinski definition) is 2. The number of nitrogens with one attached hydrogen (secondary N) is 2. The Kier molecular flexibility index (Phi) is 5.93. The molecule has 0 aliphatic rings. The molecular formula is C13H20BrClN2. The van der Waals surface area contributed by atoms with E-state index in [4.69, 9.17) is 11.6 Å². The number of benzene rings is 1. The van der Waals surface area contributed by atoms with E-state index in [-0.39, 0.29) is 5.54 Å². The van der Waals surface area contributed by atoms with Gasteiger partial charge in [-0.25, -0.2) is 0 Å². The molecule has 0 aliphatic heterocycles. The highest BCUT2D eigenvalue weighted by Gasteiger charge is 2.07. The highest BCUT2D eigenvalue weighted by Crippen LogP contribution is 2.20.